The number of fused-ring (bicyclic) bond motifs is 3. The van der Waals surface area contributed by atoms with Gasteiger partial charge in [0.15, 0.2) is 5.84 Å². The molecule has 0 radical (unpaired) electrons. The van der Waals surface area contributed by atoms with Gasteiger partial charge in [0, 0.05) is 22.2 Å². The largest absolute Gasteiger partial charge is 0.306 e. The quantitative estimate of drug-likeness (QED) is 0.242. The minimum atomic E-state index is -0.0257. The molecule has 5 aromatic rings. The van der Waals surface area contributed by atoms with Gasteiger partial charge in [0.2, 0.25) is 0 Å². The molecule has 3 nitrogen and oxygen atoms in total. The number of aliphatic imine (C=N–C) groups is 2. The van der Waals surface area contributed by atoms with Crippen LogP contribution in [0, 0.1) is 0 Å². The summed E-state index contributed by atoms with van der Waals surface area (Å²) in [5.41, 5.74) is 11.0. The maximum Gasteiger partial charge on any atom is 0.158 e. The number of anilines is 1. The standard InChI is InChI=1S/C36H29N3/c1-36(2)32-19-10-9-18-30(32)31-21-20-28(23-33(31)36)27-16-11-17-29(22-27)39-24-37-34(25-12-5-3-6-13-25)38-35(39)26-14-7-4-8-15-26/h3-23H,24H2,1-2H3. The predicted octanol–water partition coefficient (Wildman–Crippen LogP) is 8.33. The van der Waals surface area contributed by atoms with Crippen LogP contribution in [0.25, 0.3) is 22.3 Å². The molecule has 0 saturated heterocycles. The van der Waals surface area contributed by atoms with Gasteiger partial charge < -0.3 is 4.90 Å². The van der Waals surface area contributed by atoms with E-state index in [1.807, 2.05) is 24.3 Å². The SMILES string of the molecule is CC1(C)c2ccccc2-c2ccc(-c3cccc(N4CN=C(c5ccccc5)N=C4c4ccccc4)c3)cc21. The van der Waals surface area contributed by atoms with Gasteiger partial charge in [-0.1, -0.05) is 123 Å². The molecule has 0 bridgehead atoms. The van der Waals surface area contributed by atoms with Gasteiger partial charge in [-0.2, -0.15) is 0 Å². The Kier molecular flexibility index (Phi) is 5.52. The molecule has 0 unspecified atom stereocenters. The number of amidine groups is 2. The summed E-state index contributed by atoms with van der Waals surface area (Å²) in [7, 11) is 0. The fourth-order valence-electron chi connectivity index (χ4n) is 5.89. The molecule has 0 spiro atoms. The van der Waals surface area contributed by atoms with Crippen LogP contribution in [0.5, 0.6) is 0 Å². The molecule has 1 aliphatic heterocycles. The molecule has 0 fully saturated rings. The van der Waals surface area contributed by atoms with Gasteiger partial charge in [-0.3, -0.25) is 0 Å². The van der Waals surface area contributed by atoms with E-state index in [-0.39, 0.29) is 5.41 Å². The summed E-state index contributed by atoms with van der Waals surface area (Å²) < 4.78 is 0. The Bertz CT molecular complexity index is 1750. The van der Waals surface area contributed by atoms with Crippen LogP contribution >= 0.6 is 0 Å². The van der Waals surface area contributed by atoms with Crippen molar-refractivity contribution in [3.8, 4) is 22.3 Å². The first-order chi connectivity index (χ1) is 19.1. The zero-order valence-corrected chi connectivity index (χ0v) is 22.2. The topological polar surface area (TPSA) is 28.0 Å². The minimum absolute atomic E-state index is 0.0257. The minimum Gasteiger partial charge on any atom is -0.306 e. The van der Waals surface area contributed by atoms with E-state index in [0.29, 0.717) is 6.67 Å². The summed E-state index contributed by atoms with van der Waals surface area (Å²) in [5, 5.41) is 0. The van der Waals surface area contributed by atoms with Gasteiger partial charge in [0.1, 0.15) is 12.5 Å². The van der Waals surface area contributed by atoms with Crippen molar-refractivity contribution >= 4 is 17.4 Å². The van der Waals surface area contributed by atoms with Gasteiger partial charge in [0.05, 0.1) is 0 Å². The van der Waals surface area contributed by atoms with Gasteiger partial charge in [0.25, 0.3) is 0 Å². The van der Waals surface area contributed by atoms with Crippen molar-refractivity contribution in [2.45, 2.75) is 19.3 Å². The van der Waals surface area contributed by atoms with E-state index in [4.69, 9.17) is 9.98 Å². The maximum atomic E-state index is 5.06. The Morgan fingerprint density at radius 1 is 0.564 bits per heavy atom. The molecule has 0 amide bonds. The Labute approximate surface area is 229 Å². The molecule has 0 atom stereocenters. The molecule has 0 aromatic heterocycles. The number of hydrogen-bond acceptors (Lipinski definition) is 3. The molecule has 188 valence electrons. The van der Waals surface area contributed by atoms with E-state index in [1.54, 1.807) is 0 Å². The van der Waals surface area contributed by atoms with Crippen molar-refractivity contribution in [3.05, 3.63) is 150 Å². The predicted molar refractivity (Wildman–Crippen MR) is 163 cm³/mol. The van der Waals surface area contributed by atoms with E-state index in [2.05, 4.69) is 122 Å². The second kappa shape index (κ2) is 9.21. The van der Waals surface area contributed by atoms with Crippen molar-refractivity contribution in [2.24, 2.45) is 9.98 Å². The maximum absolute atomic E-state index is 5.06. The van der Waals surface area contributed by atoms with Crippen LogP contribution in [0.1, 0.15) is 36.1 Å². The van der Waals surface area contributed by atoms with E-state index in [1.165, 1.54) is 33.4 Å². The van der Waals surface area contributed by atoms with Crippen LogP contribution in [-0.2, 0) is 5.41 Å². The molecule has 1 aliphatic carbocycles. The van der Waals surface area contributed by atoms with Crippen LogP contribution in [-0.4, -0.2) is 18.3 Å². The summed E-state index contributed by atoms with van der Waals surface area (Å²) in [6.07, 6.45) is 0. The number of benzene rings is 5. The smallest absolute Gasteiger partial charge is 0.158 e. The third-order valence-corrected chi connectivity index (χ3v) is 7.97. The zero-order chi connectivity index (χ0) is 26.4. The van der Waals surface area contributed by atoms with E-state index >= 15 is 0 Å². The zero-order valence-electron chi connectivity index (χ0n) is 22.2. The molecular formula is C36H29N3. The third kappa shape index (κ3) is 3.98. The Balaban J connectivity index is 1.28. The summed E-state index contributed by atoms with van der Waals surface area (Å²) >= 11 is 0. The highest BCUT2D eigenvalue weighted by Crippen LogP contribution is 2.49. The summed E-state index contributed by atoms with van der Waals surface area (Å²) in [4.78, 5) is 12.2. The fraction of sp³-hybridized carbons (Fsp3) is 0.111. The molecular weight excluding hydrogens is 474 g/mol. The van der Waals surface area contributed by atoms with Crippen molar-refractivity contribution in [2.75, 3.05) is 11.6 Å². The fourth-order valence-corrected chi connectivity index (χ4v) is 5.89. The monoisotopic (exact) mass is 503 g/mol. The highest BCUT2D eigenvalue weighted by Gasteiger charge is 2.35. The lowest BCUT2D eigenvalue weighted by Gasteiger charge is -2.29. The summed E-state index contributed by atoms with van der Waals surface area (Å²) in [6, 6.07) is 45.1. The van der Waals surface area contributed by atoms with Gasteiger partial charge in [-0.15, -0.1) is 0 Å². The van der Waals surface area contributed by atoms with Crippen LogP contribution in [0.4, 0.5) is 5.69 Å². The third-order valence-electron chi connectivity index (χ3n) is 7.97. The van der Waals surface area contributed by atoms with Gasteiger partial charge >= 0.3 is 0 Å². The first kappa shape index (κ1) is 23.4. The van der Waals surface area contributed by atoms with Crippen molar-refractivity contribution in [1.29, 1.82) is 0 Å². The molecule has 0 N–H and O–H groups in total. The number of hydrogen-bond donors (Lipinski definition) is 0. The van der Waals surface area contributed by atoms with Crippen molar-refractivity contribution in [1.82, 2.24) is 0 Å². The average Bonchev–Trinajstić information content (AvgIpc) is 3.24. The Morgan fingerprint density at radius 2 is 1.21 bits per heavy atom. The first-order valence-corrected chi connectivity index (χ1v) is 13.5. The Hall–Kier alpha value is -4.76. The lowest BCUT2D eigenvalue weighted by atomic mass is 9.81. The van der Waals surface area contributed by atoms with Crippen LogP contribution in [0.2, 0.25) is 0 Å². The van der Waals surface area contributed by atoms with Crippen LogP contribution in [0.3, 0.4) is 0 Å². The molecule has 2 aliphatic rings. The van der Waals surface area contributed by atoms with E-state index < -0.39 is 0 Å². The highest BCUT2D eigenvalue weighted by molar-refractivity contribution is 6.19. The molecule has 0 saturated carbocycles. The molecule has 7 rings (SSSR count). The second-order valence-electron chi connectivity index (χ2n) is 10.7. The molecule has 3 heteroatoms. The van der Waals surface area contributed by atoms with E-state index in [9.17, 15) is 0 Å². The molecule has 1 heterocycles. The molecule has 39 heavy (non-hydrogen) atoms. The Morgan fingerprint density at radius 3 is 2.00 bits per heavy atom. The first-order valence-electron chi connectivity index (χ1n) is 13.5. The van der Waals surface area contributed by atoms with Crippen molar-refractivity contribution < 1.29 is 0 Å². The lowest BCUT2D eigenvalue weighted by Crippen LogP contribution is -2.36. The van der Waals surface area contributed by atoms with E-state index in [0.717, 1.165) is 28.5 Å². The number of nitrogens with zero attached hydrogens (tertiary/aromatic N) is 3. The summed E-state index contributed by atoms with van der Waals surface area (Å²) in [6.45, 7) is 5.17. The van der Waals surface area contributed by atoms with Crippen molar-refractivity contribution in [3.63, 3.8) is 0 Å². The normalized spacial score (nSPS) is 15.3. The average molecular weight is 504 g/mol. The lowest BCUT2D eigenvalue weighted by molar-refractivity contribution is 0.660. The van der Waals surface area contributed by atoms with Crippen LogP contribution < -0.4 is 4.90 Å². The second-order valence-corrected chi connectivity index (χ2v) is 10.7. The number of rotatable bonds is 4. The summed E-state index contributed by atoms with van der Waals surface area (Å²) in [5.74, 6) is 1.68. The van der Waals surface area contributed by atoms with Gasteiger partial charge in [-0.05, 0) is 51.6 Å². The van der Waals surface area contributed by atoms with Gasteiger partial charge in [-0.25, -0.2) is 9.98 Å². The molecule has 5 aromatic carbocycles. The highest BCUT2D eigenvalue weighted by atomic mass is 15.3. The van der Waals surface area contributed by atoms with Crippen LogP contribution in [0.15, 0.2) is 137 Å².